The van der Waals surface area contributed by atoms with Gasteiger partial charge in [0, 0.05) is 30.8 Å². The van der Waals surface area contributed by atoms with Crippen molar-refractivity contribution in [3.63, 3.8) is 0 Å². The first kappa shape index (κ1) is 20.9. The van der Waals surface area contributed by atoms with Gasteiger partial charge < -0.3 is 20.3 Å². The molecule has 1 saturated heterocycles. The smallest absolute Gasteiger partial charge is 0.251 e. The Kier molecular flexibility index (Phi) is 6.29. The van der Waals surface area contributed by atoms with Crippen LogP contribution >= 0.6 is 0 Å². The van der Waals surface area contributed by atoms with Crippen LogP contribution in [0.5, 0.6) is 17.2 Å². The van der Waals surface area contributed by atoms with Crippen LogP contribution in [0, 0.1) is 0 Å². The number of rotatable bonds is 6. The maximum Gasteiger partial charge on any atom is 0.251 e. The Morgan fingerprint density at radius 1 is 1.10 bits per heavy atom. The Morgan fingerprint density at radius 2 is 1.69 bits per heavy atom. The highest BCUT2D eigenvalue weighted by atomic mass is 32.2. The first-order valence-electron chi connectivity index (χ1n) is 9.36. The van der Waals surface area contributed by atoms with Gasteiger partial charge in [-0.2, -0.15) is 4.31 Å². The summed E-state index contributed by atoms with van der Waals surface area (Å²) in [4.78, 5) is 12.5. The molecule has 0 radical (unpaired) electrons. The molecule has 1 amide bonds. The van der Waals surface area contributed by atoms with Crippen LogP contribution < -0.4 is 10.1 Å². The van der Waals surface area contributed by atoms with E-state index in [1.54, 1.807) is 12.1 Å². The van der Waals surface area contributed by atoms with E-state index in [9.17, 15) is 23.4 Å². The van der Waals surface area contributed by atoms with Crippen molar-refractivity contribution < 1.29 is 28.2 Å². The van der Waals surface area contributed by atoms with Crippen molar-refractivity contribution in [2.24, 2.45) is 0 Å². The van der Waals surface area contributed by atoms with E-state index in [2.05, 4.69) is 5.32 Å². The number of piperidine rings is 1. The third-order valence-corrected chi connectivity index (χ3v) is 6.64. The number of amides is 1. The SMILES string of the molecule is CCOc1ccc(S(=O)(=O)N2CCC(NC(=O)c3cc(O)cc(O)c3)CC2)cc1. The van der Waals surface area contributed by atoms with Crippen LogP contribution in [0.1, 0.15) is 30.1 Å². The second-order valence-electron chi connectivity index (χ2n) is 6.79. The van der Waals surface area contributed by atoms with Gasteiger partial charge in [-0.15, -0.1) is 0 Å². The van der Waals surface area contributed by atoms with E-state index in [1.165, 1.54) is 28.6 Å². The van der Waals surface area contributed by atoms with Gasteiger partial charge >= 0.3 is 0 Å². The number of aromatic hydroxyl groups is 2. The summed E-state index contributed by atoms with van der Waals surface area (Å²) in [6.07, 6.45) is 0.930. The number of nitrogens with zero attached hydrogens (tertiary/aromatic N) is 1. The molecule has 156 valence electrons. The number of phenols is 2. The van der Waals surface area contributed by atoms with Gasteiger partial charge in [0.25, 0.3) is 5.91 Å². The van der Waals surface area contributed by atoms with E-state index < -0.39 is 15.9 Å². The second kappa shape index (κ2) is 8.71. The first-order valence-corrected chi connectivity index (χ1v) is 10.8. The van der Waals surface area contributed by atoms with Crippen LogP contribution in [0.4, 0.5) is 0 Å². The van der Waals surface area contributed by atoms with Gasteiger partial charge in [0.05, 0.1) is 11.5 Å². The topological polar surface area (TPSA) is 116 Å². The molecule has 0 aliphatic carbocycles. The summed E-state index contributed by atoms with van der Waals surface area (Å²) in [7, 11) is -3.61. The van der Waals surface area contributed by atoms with Gasteiger partial charge in [0.1, 0.15) is 17.2 Å². The zero-order valence-corrected chi connectivity index (χ0v) is 16.9. The molecule has 29 heavy (non-hydrogen) atoms. The van der Waals surface area contributed by atoms with Crippen LogP contribution in [0.25, 0.3) is 0 Å². The van der Waals surface area contributed by atoms with Crippen LogP contribution in [0.3, 0.4) is 0 Å². The Morgan fingerprint density at radius 3 is 2.24 bits per heavy atom. The molecule has 0 bridgehead atoms. The van der Waals surface area contributed by atoms with E-state index >= 15 is 0 Å². The summed E-state index contributed by atoms with van der Waals surface area (Å²) < 4.78 is 32.4. The Balaban J connectivity index is 1.60. The average molecular weight is 420 g/mol. The summed E-state index contributed by atoms with van der Waals surface area (Å²) in [5.74, 6) is -0.215. The van der Waals surface area contributed by atoms with E-state index in [4.69, 9.17) is 4.74 Å². The number of hydrogen-bond donors (Lipinski definition) is 3. The number of carbonyl (C=O) groups excluding carboxylic acids is 1. The fraction of sp³-hybridized carbons (Fsp3) is 0.350. The van der Waals surface area contributed by atoms with Gasteiger partial charge in [-0.1, -0.05) is 0 Å². The summed E-state index contributed by atoms with van der Waals surface area (Å²) >= 11 is 0. The number of phenolic OH excluding ortho intramolecular Hbond substituents is 2. The minimum atomic E-state index is -3.61. The lowest BCUT2D eigenvalue weighted by Gasteiger charge is -2.31. The zero-order valence-electron chi connectivity index (χ0n) is 16.0. The van der Waals surface area contributed by atoms with E-state index in [0.29, 0.717) is 25.2 Å². The molecule has 3 rings (SSSR count). The third kappa shape index (κ3) is 4.99. The van der Waals surface area contributed by atoms with Crippen LogP contribution in [-0.4, -0.2) is 54.6 Å². The molecule has 0 saturated carbocycles. The molecule has 0 spiro atoms. The molecule has 0 aromatic heterocycles. The fourth-order valence-electron chi connectivity index (χ4n) is 3.26. The highest BCUT2D eigenvalue weighted by Crippen LogP contribution is 2.24. The minimum absolute atomic E-state index is 0.145. The quantitative estimate of drug-likeness (QED) is 0.659. The molecule has 0 unspecified atom stereocenters. The third-order valence-electron chi connectivity index (χ3n) is 4.73. The van der Waals surface area contributed by atoms with E-state index in [-0.39, 0.29) is 41.1 Å². The van der Waals surface area contributed by atoms with Crippen molar-refractivity contribution >= 4 is 15.9 Å². The van der Waals surface area contributed by atoms with Crippen LogP contribution in [0.2, 0.25) is 0 Å². The number of sulfonamides is 1. The molecule has 2 aromatic rings. The molecular formula is C20H24N2O6S. The van der Waals surface area contributed by atoms with E-state index in [1.807, 2.05) is 6.92 Å². The number of carbonyl (C=O) groups is 1. The average Bonchev–Trinajstić information content (AvgIpc) is 2.68. The van der Waals surface area contributed by atoms with Crippen molar-refractivity contribution in [3.8, 4) is 17.2 Å². The van der Waals surface area contributed by atoms with Gasteiger partial charge in [0.2, 0.25) is 10.0 Å². The zero-order chi connectivity index (χ0) is 21.0. The standard InChI is InChI=1S/C20H24N2O6S/c1-2-28-18-3-5-19(6-4-18)29(26,27)22-9-7-15(8-10-22)21-20(25)14-11-16(23)13-17(24)12-14/h3-6,11-13,15,23-24H,2,7-10H2,1H3,(H,21,25). The fourth-order valence-corrected chi connectivity index (χ4v) is 4.73. The first-order chi connectivity index (χ1) is 13.8. The van der Waals surface area contributed by atoms with Crippen molar-refractivity contribution in [2.75, 3.05) is 19.7 Å². The van der Waals surface area contributed by atoms with Gasteiger partial charge in [-0.05, 0) is 56.2 Å². The number of nitrogens with one attached hydrogen (secondary N) is 1. The molecule has 2 aromatic carbocycles. The number of benzene rings is 2. The summed E-state index contributed by atoms with van der Waals surface area (Å²) in [6, 6.07) is 9.80. The Bertz CT molecular complexity index is 947. The lowest BCUT2D eigenvalue weighted by atomic mass is 10.1. The Labute approximate surface area is 169 Å². The molecule has 1 heterocycles. The van der Waals surface area contributed by atoms with Crippen LogP contribution in [0.15, 0.2) is 47.4 Å². The predicted octanol–water partition coefficient (Wildman–Crippen LogP) is 2.08. The highest BCUT2D eigenvalue weighted by Gasteiger charge is 2.30. The van der Waals surface area contributed by atoms with Crippen molar-refractivity contribution in [1.82, 2.24) is 9.62 Å². The van der Waals surface area contributed by atoms with E-state index in [0.717, 1.165) is 6.07 Å². The maximum absolute atomic E-state index is 12.8. The molecule has 9 heteroatoms. The van der Waals surface area contributed by atoms with Crippen molar-refractivity contribution in [1.29, 1.82) is 0 Å². The minimum Gasteiger partial charge on any atom is -0.508 e. The van der Waals surface area contributed by atoms with Gasteiger partial charge in [0.15, 0.2) is 0 Å². The number of hydrogen-bond acceptors (Lipinski definition) is 6. The highest BCUT2D eigenvalue weighted by molar-refractivity contribution is 7.89. The molecule has 1 aliphatic heterocycles. The molecule has 0 atom stereocenters. The number of ether oxygens (including phenoxy) is 1. The summed E-state index contributed by atoms with van der Waals surface area (Å²) in [6.45, 7) is 2.93. The molecule has 8 nitrogen and oxygen atoms in total. The lowest BCUT2D eigenvalue weighted by molar-refractivity contribution is 0.0923. The second-order valence-corrected chi connectivity index (χ2v) is 8.73. The normalized spacial score (nSPS) is 15.8. The Hall–Kier alpha value is -2.78. The molecular weight excluding hydrogens is 396 g/mol. The molecule has 1 aliphatic rings. The van der Waals surface area contributed by atoms with Gasteiger partial charge in [-0.3, -0.25) is 4.79 Å². The van der Waals surface area contributed by atoms with Gasteiger partial charge in [-0.25, -0.2) is 8.42 Å². The molecule has 3 N–H and O–H groups in total. The predicted molar refractivity (Wildman–Crippen MR) is 107 cm³/mol. The lowest BCUT2D eigenvalue weighted by Crippen LogP contribution is -2.46. The maximum atomic E-state index is 12.8. The molecule has 1 fully saturated rings. The van der Waals surface area contributed by atoms with Crippen LogP contribution in [-0.2, 0) is 10.0 Å². The van der Waals surface area contributed by atoms with Crippen molar-refractivity contribution in [2.45, 2.75) is 30.7 Å². The largest absolute Gasteiger partial charge is 0.508 e. The summed E-state index contributed by atoms with van der Waals surface area (Å²) in [5, 5.41) is 21.8. The monoisotopic (exact) mass is 420 g/mol. The van der Waals surface area contributed by atoms with Crippen molar-refractivity contribution in [3.05, 3.63) is 48.0 Å². The summed E-state index contributed by atoms with van der Waals surface area (Å²) in [5.41, 5.74) is 0.145.